The number of amides is 4. The minimum absolute atomic E-state index is 0.118. The van der Waals surface area contributed by atoms with Gasteiger partial charge in [0.15, 0.2) is 0 Å². The van der Waals surface area contributed by atoms with Crippen LogP contribution < -0.4 is 32.7 Å². The summed E-state index contributed by atoms with van der Waals surface area (Å²) in [5.74, 6) is -2.22. The van der Waals surface area contributed by atoms with Crippen molar-refractivity contribution < 1.29 is 19.2 Å². The molecule has 9 N–H and O–H groups in total. The van der Waals surface area contributed by atoms with E-state index in [2.05, 4.69) is 26.3 Å². The van der Waals surface area contributed by atoms with Crippen LogP contribution in [-0.4, -0.2) is 65.4 Å². The zero-order valence-electron chi connectivity index (χ0n) is 27.0. The lowest BCUT2D eigenvalue weighted by molar-refractivity contribution is -0.134. The van der Waals surface area contributed by atoms with Crippen LogP contribution in [-0.2, 0) is 38.4 Å². The van der Waals surface area contributed by atoms with Gasteiger partial charge >= 0.3 is 0 Å². The Hall–Kier alpha value is -5.04. The summed E-state index contributed by atoms with van der Waals surface area (Å²) in [5, 5.41) is 15.7. The topological polar surface area (TPSA) is 184 Å². The molecule has 11 nitrogen and oxygen atoms in total. The van der Waals surface area contributed by atoms with Gasteiger partial charge in [-0.05, 0) is 65.5 Å². The number of fused-ring (bicyclic) bond motifs is 2. The summed E-state index contributed by atoms with van der Waals surface area (Å²) in [6, 6.07) is 21.6. The number of carbonyl (C=O) groups is 4. The number of hydrogen-bond donors (Lipinski definition) is 7. The third-order valence-corrected chi connectivity index (χ3v) is 10.2. The number of nitrogens with one attached hydrogen (secondary N) is 5. The van der Waals surface area contributed by atoms with Gasteiger partial charge in [0, 0.05) is 41.1 Å². The molecule has 4 amide bonds. The highest BCUT2D eigenvalue weighted by atomic mass is 32.1. The molecule has 0 aliphatic carbocycles. The second-order valence-electron chi connectivity index (χ2n) is 12.7. The summed E-state index contributed by atoms with van der Waals surface area (Å²) in [6.07, 6.45) is 3.15. The molecular weight excluding hydrogens is 639 g/mol. The second kappa shape index (κ2) is 15.0. The van der Waals surface area contributed by atoms with Gasteiger partial charge in [0.2, 0.25) is 23.6 Å². The van der Waals surface area contributed by atoms with Crippen molar-refractivity contribution in [2.24, 2.45) is 11.5 Å². The van der Waals surface area contributed by atoms with Crippen LogP contribution in [0.2, 0.25) is 0 Å². The number of hydrogen-bond acceptors (Lipinski definition) is 7. The van der Waals surface area contributed by atoms with Crippen LogP contribution in [0.15, 0.2) is 90.4 Å². The van der Waals surface area contributed by atoms with Crippen molar-refractivity contribution in [3.05, 3.63) is 107 Å². The zero-order chi connectivity index (χ0) is 34.4. The highest BCUT2D eigenvalue weighted by Crippen LogP contribution is 2.27. The van der Waals surface area contributed by atoms with Crippen molar-refractivity contribution in [2.45, 2.75) is 55.8 Å². The van der Waals surface area contributed by atoms with E-state index in [1.54, 1.807) is 17.5 Å². The second-order valence-corrected chi connectivity index (χ2v) is 13.6. The molecule has 1 saturated heterocycles. The van der Waals surface area contributed by atoms with Crippen LogP contribution >= 0.6 is 11.3 Å². The fourth-order valence-corrected chi connectivity index (χ4v) is 7.34. The number of rotatable bonds is 13. The largest absolute Gasteiger partial charge is 0.368 e. The van der Waals surface area contributed by atoms with Gasteiger partial charge in [-0.2, -0.15) is 0 Å². The van der Waals surface area contributed by atoms with Gasteiger partial charge in [-0.25, -0.2) is 0 Å². The van der Waals surface area contributed by atoms with Gasteiger partial charge in [0.25, 0.3) is 0 Å². The number of para-hydroxylation sites is 1. The van der Waals surface area contributed by atoms with Crippen molar-refractivity contribution in [3.8, 4) is 0 Å². The molecule has 1 aliphatic heterocycles. The predicted molar refractivity (Wildman–Crippen MR) is 192 cm³/mol. The molecule has 254 valence electrons. The van der Waals surface area contributed by atoms with Crippen LogP contribution in [0.1, 0.15) is 29.5 Å². The van der Waals surface area contributed by atoms with E-state index in [9.17, 15) is 19.2 Å². The SMILES string of the molecule is NC(=O)[C@H](Cc1ccccc1)NC(=O)[C@@H](Cc1c[nH]c2ccccc12)NC(=O)[C@@H](Cc1csc2ccccc12)NC(=O)C1(N)CCNCC1. The number of aromatic amines is 1. The van der Waals surface area contributed by atoms with Gasteiger partial charge < -0.3 is 37.7 Å². The van der Waals surface area contributed by atoms with Crippen LogP contribution in [0, 0.1) is 0 Å². The zero-order valence-corrected chi connectivity index (χ0v) is 27.9. The summed E-state index contributed by atoms with van der Waals surface area (Å²) >= 11 is 1.56. The number of piperidine rings is 1. The van der Waals surface area contributed by atoms with Crippen LogP contribution in [0.3, 0.4) is 0 Å². The average Bonchev–Trinajstić information content (AvgIpc) is 3.72. The highest BCUT2D eigenvalue weighted by molar-refractivity contribution is 7.17. The van der Waals surface area contributed by atoms with E-state index in [1.165, 1.54) is 0 Å². The number of thiophene rings is 1. The lowest BCUT2D eigenvalue weighted by atomic mass is 9.88. The normalized spacial score (nSPS) is 16.0. The Kier molecular flexibility index (Phi) is 10.4. The third kappa shape index (κ3) is 7.99. The lowest BCUT2D eigenvalue weighted by Gasteiger charge is -2.34. The van der Waals surface area contributed by atoms with Crippen molar-refractivity contribution >= 4 is 56.0 Å². The Labute approximate surface area is 288 Å². The maximum atomic E-state index is 14.3. The molecule has 3 heterocycles. The molecule has 1 aliphatic rings. The molecule has 5 aromatic rings. The molecule has 0 spiro atoms. The highest BCUT2D eigenvalue weighted by Gasteiger charge is 2.38. The van der Waals surface area contributed by atoms with E-state index in [4.69, 9.17) is 11.5 Å². The number of carbonyl (C=O) groups excluding carboxylic acids is 4. The number of nitrogens with two attached hydrogens (primary N) is 2. The molecule has 0 saturated carbocycles. The molecule has 2 aromatic heterocycles. The Bertz CT molecular complexity index is 1950. The maximum Gasteiger partial charge on any atom is 0.243 e. The smallest absolute Gasteiger partial charge is 0.243 e. The van der Waals surface area contributed by atoms with Crippen molar-refractivity contribution in [1.29, 1.82) is 0 Å². The molecule has 0 bridgehead atoms. The summed E-state index contributed by atoms with van der Waals surface area (Å²) < 4.78 is 1.06. The van der Waals surface area contributed by atoms with E-state index < -0.39 is 47.3 Å². The van der Waals surface area contributed by atoms with E-state index in [0.29, 0.717) is 25.9 Å². The van der Waals surface area contributed by atoms with E-state index in [0.717, 1.165) is 37.7 Å². The molecule has 12 heteroatoms. The minimum atomic E-state index is -1.13. The first-order valence-corrected chi connectivity index (χ1v) is 17.3. The van der Waals surface area contributed by atoms with Crippen molar-refractivity contribution in [3.63, 3.8) is 0 Å². The van der Waals surface area contributed by atoms with E-state index >= 15 is 0 Å². The van der Waals surface area contributed by atoms with Gasteiger partial charge in [0.1, 0.15) is 18.1 Å². The average molecular weight is 680 g/mol. The fourth-order valence-electron chi connectivity index (χ4n) is 6.37. The van der Waals surface area contributed by atoms with E-state index in [1.807, 2.05) is 84.2 Å². The Morgan fingerprint density at radius 2 is 1.35 bits per heavy atom. The van der Waals surface area contributed by atoms with Gasteiger partial charge in [-0.15, -0.1) is 11.3 Å². The molecule has 6 rings (SSSR count). The van der Waals surface area contributed by atoms with E-state index in [-0.39, 0.29) is 19.3 Å². The van der Waals surface area contributed by atoms with Gasteiger partial charge in [-0.1, -0.05) is 66.7 Å². The Balaban J connectivity index is 1.29. The van der Waals surface area contributed by atoms with Gasteiger partial charge in [-0.3, -0.25) is 19.2 Å². The number of aromatic nitrogens is 1. The predicted octanol–water partition coefficient (Wildman–Crippen LogP) is 2.43. The number of benzene rings is 3. The first-order valence-electron chi connectivity index (χ1n) is 16.4. The standard InChI is InChI=1S/C37H41N7O4S/c38-33(45)29(18-23-8-2-1-3-9-23)42-34(46)30(19-24-21-41-28-12-6-4-10-26(24)28)43-35(47)31(44-36(48)37(39)14-16-40-17-15-37)20-25-22-49-32-13-7-5-11-27(25)32/h1-13,21-22,29-31,40-41H,14-20,39H2,(H2,38,45)(H,42,46)(H,43,47)(H,44,48)/t29-,30+,31+/m0/s1. The third-order valence-electron chi connectivity index (χ3n) is 9.23. The quantitative estimate of drug-likeness (QED) is 0.100. The number of H-pyrrole nitrogens is 1. The fraction of sp³-hybridized carbons (Fsp3) is 0.297. The van der Waals surface area contributed by atoms with Crippen LogP contribution in [0.4, 0.5) is 0 Å². The molecule has 1 fully saturated rings. The molecular formula is C37H41N7O4S. The first-order chi connectivity index (χ1) is 23.7. The molecule has 3 atom stereocenters. The lowest BCUT2D eigenvalue weighted by Crippen LogP contribution is -2.63. The molecule has 3 aromatic carbocycles. The molecule has 49 heavy (non-hydrogen) atoms. The summed E-state index contributed by atoms with van der Waals surface area (Å²) in [6.45, 7) is 1.18. The van der Waals surface area contributed by atoms with Crippen LogP contribution in [0.5, 0.6) is 0 Å². The summed E-state index contributed by atoms with van der Waals surface area (Å²) in [5.41, 5.74) is 14.6. The van der Waals surface area contributed by atoms with Crippen molar-refractivity contribution in [2.75, 3.05) is 13.1 Å². The summed E-state index contributed by atoms with van der Waals surface area (Å²) in [4.78, 5) is 57.7. The number of primary amides is 1. The molecule has 0 radical (unpaired) electrons. The van der Waals surface area contributed by atoms with Gasteiger partial charge in [0.05, 0.1) is 5.54 Å². The summed E-state index contributed by atoms with van der Waals surface area (Å²) in [7, 11) is 0. The Morgan fingerprint density at radius 1 is 0.735 bits per heavy atom. The maximum absolute atomic E-state index is 14.3. The first kappa shape index (κ1) is 33.8. The van der Waals surface area contributed by atoms with Crippen molar-refractivity contribution in [1.82, 2.24) is 26.3 Å². The van der Waals surface area contributed by atoms with Crippen LogP contribution in [0.25, 0.3) is 21.0 Å². The molecule has 0 unspecified atom stereocenters. The monoisotopic (exact) mass is 679 g/mol. The minimum Gasteiger partial charge on any atom is -0.368 e. The Morgan fingerprint density at radius 3 is 2.08 bits per heavy atom.